The van der Waals surface area contributed by atoms with Crippen LogP contribution in [-0.2, 0) is 16.0 Å². The average Bonchev–Trinajstić information content (AvgIpc) is 2.66. The van der Waals surface area contributed by atoms with Gasteiger partial charge in [0.05, 0.1) is 23.9 Å². The number of nitrogens with one attached hydrogen (secondary N) is 2. The number of rotatable bonds is 4. The van der Waals surface area contributed by atoms with Crippen molar-refractivity contribution in [2.24, 2.45) is 5.92 Å². The van der Waals surface area contributed by atoms with E-state index in [1.807, 2.05) is 6.26 Å². The third kappa shape index (κ3) is 3.29. The fraction of sp³-hybridized carbons (Fsp3) is 0.500. The van der Waals surface area contributed by atoms with Crippen LogP contribution >= 0.6 is 11.8 Å². The normalized spacial score (nSPS) is 17.8. The Balaban J connectivity index is 2.32. The Bertz CT molecular complexity index is 588. The van der Waals surface area contributed by atoms with Crippen molar-refractivity contribution in [2.45, 2.75) is 31.3 Å². The first kappa shape index (κ1) is 15.6. The van der Waals surface area contributed by atoms with Crippen molar-refractivity contribution in [3.8, 4) is 0 Å². The van der Waals surface area contributed by atoms with E-state index >= 15 is 0 Å². The molecule has 1 aliphatic carbocycles. The minimum absolute atomic E-state index is 0.154. The van der Waals surface area contributed by atoms with Gasteiger partial charge in [0, 0.05) is 6.20 Å². The number of nitrogens with zero attached hydrogens (tertiary/aromatic N) is 2. The van der Waals surface area contributed by atoms with Crippen molar-refractivity contribution in [2.75, 3.05) is 12.9 Å². The Kier molecular flexibility index (Phi) is 5.06. The van der Waals surface area contributed by atoms with Gasteiger partial charge in [0.25, 0.3) is 0 Å². The van der Waals surface area contributed by atoms with Crippen molar-refractivity contribution in [3.05, 3.63) is 17.5 Å². The van der Waals surface area contributed by atoms with E-state index in [0.717, 1.165) is 18.4 Å². The lowest BCUT2D eigenvalue weighted by atomic mass is 9.92. The molecule has 0 aromatic carbocycles. The van der Waals surface area contributed by atoms with Crippen LogP contribution in [0.25, 0.3) is 0 Å². The molecule has 0 aliphatic heterocycles. The van der Waals surface area contributed by atoms with E-state index in [4.69, 9.17) is 15.6 Å². The summed E-state index contributed by atoms with van der Waals surface area (Å²) in [4.78, 5) is 20.4. The van der Waals surface area contributed by atoms with Crippen molar-refractivity contribution >= 4 is 29.2 Å². The SMILES string of the molecule is CCOC(=O)C(=N)C1CCCc2cnc(SC)nc2C1=N. The van der Waals surface area contributed by atoms with Gasteiger partial charge in [0.15, 0.2) is 5.16 Å². The maximum atomic E-state index is 11.8. The Hall–Kier alpha value is -1.76. The van der Waals surface area contributed by atoms with E-state index in [2.05, 4.69) is 9.97 Å². The summed E-state index contributed by atoms with van der Waals surface area (Å²) in [6.45, 7) is 1.94. The number of aromatic nitrogens is 2. The number of thioether (sulfide) groups is 1. The molecule has 0 saturated carbocycles. The summed E-state index contributed by atoms with van der Waals surface area (Å²) < 4.78 is 4.88. The van der Waals surface area contributed by atoms with Crippen LogP contribution < -0.4 is 0 Å². The molecule has 0 amide bonds. The van der Waals surface area contributed by atoms with Crippen LogP contribution in [0.1, 0.15) is 31.0 Å². The van der Waals surface area contributed by atoms with Crippen molar-refractivity contribution < 1.29 is 9.53 Å². The van der Waals surface area contributed by atoms with Crippen LogP contribution in [0.4, 0.5) is 0 Å². The van der Waals surface area contributed by atoms with Crippen LogP contribution in [0.15, 0.2) is 11.4 Å². The second-order valence-electron chi connectivity index (χ2n) is 4.72. The first-order valence-electron chi connectivity index (χ1n) is 6.82. The zero-order valence-corrected chi connectivity index (χ0v) is 12.9. The third-order valence-electron chi connectivity index (χ3n) is 3.41. The highest BCUT2D eigenvalue weighted by Gasteiger charge is 2.31. The van der Waals surface area contributed by atoms with E-state index in [1.54, 1.807) is 13.1 Å². The van der Waals surface area contributed by atoms with Crippen LogP contribution in [-0.4, -0.2) is 40.2 Å². The molecular formula is C14H18N4O2S. The molecule has 2 N–H and O–H groups in total. The van der Waals surface area contributed by atoms with Crippen molar-refractivity contribution in [1.29, 1.82) is 10.8 Å². The smallest absolute Gasteiger partial charge is 0.352 e. The molecule has 7 heteroatoms. The Morgan fingerprint density at radius 3 is 3.00 bits per heavy atom. The molecule has 2 rings (SSSR count). The largest absolute Gasteiger partial charge is 0.462 e. The van der Waals surface area contributed by atoms with E-state index in [-0.39, 0.29) is 18.0 Å². The topological polar surface area (TPSA) is 99.8 Å². The Morgan fingerprint density at radius 2 is 2.33 bits per heavy atom. The molecule has 1 aromatic heterocycles. The van der Waals surface area contributed by atoms with Crippen LogP contribution in [0.3, 0.4) is 0 Å². The number of hydrogen-bond donors (Lipinski definition) is 2. The van der Waals surface area contributed by atoms with Gasteiger partial charge >= 0.3 is 5.97 Å². The average molecular weight is 306 g/mol. The Morgan fingerprint density at radius 1 is 1.57 bits per heavy atom. The van der Waals surface area contributed by atoms with Crippen LogP contribution in [0.5, 0.6) is 0 Å². The van der Waals surface area contributed by atoms with Gasteiger partial charge in [-0.05, 0) is 38.0 Å². The zero-order valence-electron chi connectivity index (χ0n) is 12.1. The van der Waals surface area contributed by atoms with E-state index in [9.17, 15) is 4.79 Å². The molecule has 1 heterocycles. The summed E-state index contributed by atoms with van der Waals surface area (Å²) in [5.74, 6) is -1.19. The second kappa shape index (κ2) is 6.80. The number of fused-ring (bicyclic) bond motifs is 1. The molecule has 0 saturated heterocycles. The van der Waals surface area contributed by atoms with E-state index in [1.165, 1.54) is 11.8 Å². The fourth-order valence-electron chi connectivity index (χ4n) is 2.35. The van der Waals surface area contributed by atoms with Gasteiger partial charge in [-0.3, -0.25) is 5.41 Å². The summed E-state index contributed by atoms with van der Waals surface area (Å²) in [5.41, 5.74) is 1.54. The number of carbonyl (C=O) groups excluding carboxylic acids is 1. The standard InChI is InChI=1S/C14H18N4O2S/c1-3-20-13(19)11(16)9-6-4-5-8-7-17-14(21-2)18-12(8)10(9)15/h7,9,15-16H,3-6H2,1-2H3. The molecule has 112 valence electrons. The number of ether oxygens (including phenoxy) is 1. The van der Waals surface area contributed by atoms with Gasteiger partial charge in [0.2, 0.25) is 0 Å². The molecular weight excluding hydrogens is 288 g/mol. The monoisotopic (exact) mass is 306 g/mol. The molecule has 6 nitrogen and oxygen atoms in total. The maximum Gasteiger partial charge on any atom is 0.352 e. The van der Waals surface area contributed by atoms with Crippen LogP contribution in [0, 0.1) is 16.7 Å². The zero-order chi connectivity index (χ0) is 15.4. The number of carbonyl (C=O) groups is 1. The molecule has 0 spiro atoms. The van der Waals surface area contributed by atoms with Gasteiger partial charge < -0.3 is 10.1 Å². The predicted octanol–water partition coefficient (Wildman–Crippen LogP) is 2.10. The van der Waals surface area contributed by atoms with Crippen molar-refractivity contribution in [1.82, 2.24) is 9.97 Å². The lowest BCUT2D eigenvalue weighted by molar-refractivity contribution is -0.135. The molecule has 0 bridgehead atoms. The number of aryl methyl sites for hydroxylation is 1. The van der Waals surface area contributed by atoms with E-state index in [0.29, 0.717) is 17.3 Å². The van der Waals surface area contributed by atoms with Crippen molar-refractivity contribution in [3.63, 3.8) is 0 Å². The maximum absolute atomic E-state index is 11.8. The van der Waals surface area contributed by atoms with E-state index < -0.39 is 11.9 Å². The predicted molar refractivity (Wildman–Crippen MR) is 81.4 cm³/mol. The van der Waals surface area contributed by atoms with Gasteiger partial charge in [-0.25, -0.2) is 14.8 Å². The quantitative estimate of drug-likeness (QED) is 0.292. The molecule has 1 aromatic rings. The first-order chi connectivity index (χ1) is 10.1. The molecule has 0 fully saturated rings. The summed E-state index contributed by atoms with van der Waals surface area (Å²) in [7, 11) is 0. The van der Waals surface area contributed by atoms with Gasteiger partial charge in [-0.2, -0.15) is 0 Å². The van der Waals surface area contributed by atoms with Gasteiger partial charge in [-0.1, -0.05) is 11.8 Å². The summed E-state index contributed by atoms with van der Waals surface area (Å²) in [5, 5.41) is 16.9. The minimum Gasteiger partial charge on any atom is -0.462 e. The molecule has 1 atom stereocenters. The number of esters is 1. The Labute approximate surface area is 127 Å². The highest BCUT2D eigenvalue weighted by molar-refractivity contribution is 7.98. The summed E-state index contributed by atoms with van der Waals surface area (Å²) in [6, 6.07) is 0. The third-order valence-corrected chi connectivity index (χ3v) is 3.97. The van der Waals surface area contributed by atoms with Gasteiger partial charge in [0.1, 0.15) is 5.71 Å². The van der Waals surface area contributed by atoms with Crippen LogP contribution in [0.2, 0.25) is 0 Å². The lowest BCUT2D eigenvalue weighted by Crippen LogP contribution is -2.31. The first-order valence-corrected chi connectivity index (χ1v) is 8.05. The number of hydrogen-bond acceptors (Lipinski definition) is 7. The fourth-order valence-corrected chi connectivity index (χ4v) is 2.69. The molecule has 1 unspecified atom stereocenters. The highest BCUT2D eigenvalue weighted by atomic mass is 32.2. The molecule has 0 radical (unpaired) electrons. The lowest BCUT2D eigenvalue weighted by Gasteiger charge is -2.16. The molecule has 21 heavy (non-hydrogen) atoms. The van der Waals surface area contributed by atoms with Gasteiger partial charge in [-0.15, -0.1) is 0 Å². The summed E-state index contributed by atoms with van der Waals surface area (Å²) >= 11 is 1.41. The minimum atomic E-state index is -0.644. The summed E-state index contributed by atoms with van der Waals surface area (Å²) in [6.07, 6.45) is 5.77. The highest BCUT2D eigenvalue weighted by Crippen LogP contribution is 2.25. The molecule has 1 aliphatic rings. The second-order valence-corrected chi connectivity index (χ2v) is 5.50.